The highest BCUT2D eigenvalue weighted by Gasteiger charge is 2.12. The van der Waals surface area contributed by atoms with Crippen LogP contribution in [0.3, 0.4) is 0 Å². The summed E-state index contributed by atoms with van der Waals surface area (Å²) in [5.74, 6) is 0.634. The number of hydrogen-bond acceptors (Lipinski definition) is 4. The number of aryl methyl sites for hydroxylation is 1. The van der Waals surface area contributed by atoms with Gasteiger partial charge < -0.3 is 9.52 Å². The Labute approximate surface area is 97.6 Å². The van der Waals surface area contributed by atoms with Gasteiger partial charge >= 0.3 is 0 Å². The molecule has 0 aliphatic carbocycles. The number of rotatable bonds is 1. The zero-order chi connectivity index (χ0) is 11.8. The molecule has 3 aromatic heterocycles. The van der Waals surface area contributed by atoms with Crippen LogP contribution in [0.15, 0.2) is 40.9 Å². The topological polar surface area (TPSA) is 59.2 Å². The molecule has 4 heteroatoms. The summed E-state index contributed by atoms with van der Waals surface area (Å²) < 4.78 is 5.60. The van der Waals surface area contributed by atoms with Gasteiger partial charge in [0.25, 0.3) is 0 Å². The second-order valence-corrected chi connectivity index (χ2v) is 3.82. The molecule has 0 fully saturated rings. The van der Waals surface area contributed by atoms with Gasteiger partial charge in [0, 0.05) is 18.0 Å². The molecule has 3 aromatic rings. The Kier molecular flexibility index (Phi) is 2.08. The molecule has 0 aliphatic rings. The van der Waals surface area contributed by atoms with E-state index in [1.54, 1.807) is 30.5 Å². The van der Waals surface area contributed by atoms with Crippen molar-refractivity contribution in [3.63, 3.8) is 0 Å². The third-order valence-corrected chi connectivity index (χ3v) is 2.53. The lowest BCUT2D eigenvalue weighted by atomic mass is 10.2. The zero-order valence-electron chi connectivity index (χ0n) is 9.21. The van der Waals surface area contributed by atoms with E-state index in [0.717, 1.165) is 11.2 Å². The van der Waals surface area contributed by atoms with Gasteiger partial charge in [0.15, 0.2) is 11.3 Å². The molecule has 0 atom stereocenters. The Bertz CT molecular complexity index is 656. The molecule has 3 rings (SSSR count). The first-order valence-electron chi connectivity index (χ1n) is 5.25. The predicted molar refractivity (Wildman–Crippen MR) is 63.6 cm³/mol. The summed E-state index contributed by atoms with van der Waals surface area (Å²) in [6.07, 6.45) is 1.70. The average Bonchev–Trinajstić information content (AvgIpc) is 2.75. The van der Waals surface area contributed by atoms with Crippen LogP contribution in [0, 0.1) is 6.92 Å². The number of hydrogen-bond donors (Lipinski definition) is 1. The third-order valence-electron chi connectivity index (χ3n) is 2.53. The maximum absolute atomic E-state index is 9.77. The second-order valence-electron chi connectivity index (χ2n) is 3.82. The van der Waals surface area contributed by atoms with E-state index in [4.69, 9.17) is 4.42 Å². The molecule has 4 nitrogen and oxygen atoms in total. The van der Waals surface area contributed by atoms with Gasteiger partial charge in [0.05, 0.1) is 0 Å². The van der Waals surface area contributed by atoms with Gasteiger partial charge in [-0.25, -0.2) is 4.98 Å². The van der Waals surface area contributed by atoms with Crippen LogP contribution in [0.25, 0.3) is 22.6 Å². The first-order valence-corrected chi connectivity index (χ1v) is 5.25. The van der Waals surface area contributed by atoms with E-state index in [0.29, 0.717) is 17.0 Å². The highest BCUT2D eigenvalue weighted by atomic mass is 16.3. The fraction of sp³-hybridized carbons (Fsp3) is 0.0769. The van der Waals surface area contributed by atoms with Crippen molar-refractivity contribution in [1.82, 2.24) is 9.97 Å². The van der Waals surface area contributed by atoms with Crippen molar-refractivity contribution in [2.45, 2.75) is 6.92 Å². The van der Waals surface area contributed by atoms with Gasteiger partial charge in [-0.1, -0.05) is 0 Å². The molecular weight excluding hydrogens is 216 g/mol. The summed E-state index contributed by atoms with van der Waals surface area (Å²) >= 11 is 0. The van der Waals surface area contributed by atoms with Crippen LogP contribution in [0.2, 0.25) is 0 Å². The van der Waals surface area contributed by atoms with Gasteiger partial charge in [-0.3, -0.25) is 4.98 Å². The zero-order valence-corrected chi connectivity index (χ0v) is 9.21. The third kappa shape index (κ3) is 1.63. The van der Waals surface area contributed by atoms with Crippen LogP contribution >= 0.6 is 0 Å². The molecule has 3 heterocycles. The summed E-state index contributed by atoms with van der Waals surface area (Å²) in [6.45, 7) is 1.86. The number of nitrogens with zero attached hydrogens (tertiary/aromatic N) is 2. The normalized spacial score (nSPS) is 10.9. The number of fused-ring (bicyclic) bond motifs is 1. The SMILES string of the molecule is Cc1ccc(O)c(-c2cc3ncccc3o2)n1. The van der Waals surface area contributed by atoms with Crippen molar-refractivity contribution in [2.24, 2.45) is 0 Å². The molecule has 0 aliphatic heterocycles. The minimum atomic E-state index is 0.106. The Morgan fingerprint density at radius 3 is 2.94 bits per heavy atom. The van der Waals surface area contributed by atoms with E-state index in [1.807, 2.05) is 13.0 Å². The number of aromatic nitrogens is 2. The molecule has 0 saturated heterocycles. The van der Waals surface area contributed by atoms with Gasteiger partial charge in [-0.05, 0) is 31.2 Å². The van der Waals surface area contributed by atoms with E-state index in [-0.39, 0.29) is 5.75 Å². The standard InChI is InChI=1S/C13H10N2O2/c1-8-4-5-10(16)13(15-8)12-7-9-11(17-12)3-2-6-14-9/h2-7,16H,1H3. The van der Waals surface area contributed by atoms with E-state index in [1.165, 1.54) is 0 Å². The molecule has 0 bridgehead atoms. The first kappa shape index (κ1) is 9.84. The smallest absolute Gasteiger partial charge is 0.159 e. The van der Waals surface area contributed by atoms with Gasteiger partial charge in [-0.2, -0.15) is 0 Å². The van der Waals surface area contributed by atoms with Crippen LogP contribution < -0.4 is 0 Å². The maximum atomic E-state index is 9.77. The highest BCUT2D eigenvalue weighted by molar-refractivity contribution is 5.79. The first-order chi connectivity index (χ1) is 8.24. The van der Waals surface area contributed by atoms with E-state index in [9.17, 15) is 5.11 Å². The molecule has 0 radical (unpaired) electrons. The minimum Gasteiger partial charge on any atom is -0.506 e. The summed E-state index contributed by atoms with van der Waals surface area (Å²) in [7, 11) is 0. The fourth-order valence-electron chi connectivity index (χ4n) is 1.72. The lowest BCUT2D eigenvalue weighted by molar-refractivity contribution is 0.471. The lowest BCUT2D eigenvalue weighted by Crippen LogP contribution is -1.85. The Morgan fingerprint density at radius 1 is 1.24 bits per heavy atom. The minimum absolute atomic E-state index is 0.106. The van der Waals surface area contributed by atoms with Crippen LogP contribution in [-0.2, 0) is 0 Å². The number of aromatic hydroxyl groups is 1. The lowest BCUT2D eigenvalue weighted by Gasteiger charge is -2.00. The van der Waals surface area contributed by atoms with Gasteiger partial charge in [0.1, 0.15) is 17.0 Å². The molecule has 0 unspecified atom stereocenters. The maximum Gasteiger partial charge on any atom is 0.159 e. The summed E-state index contributed by atoms with van der Waals surface area (Å²) in [4.78, 5) is 8.44. The summed E-state index contributed by atoms with van der Waals surface area (Å²) in [6, 6.07) is 8.77. The van der Waals surface area contributed by atoms with Crippen LogP contribution in [-0.4, -0.2) is 15.1 Å². The Morgan fingerprint density at radius 2 is 2.12 bits per heavy atom. The fourth-order valence-corrected chi connectivity index (χ4v) is 1.72. The molecule has 1 N–H and O–H groups in total. The van der Waals surface area contributed by atoms with Crippen molar-refractivity contribution in [1.29, 1.82) is 0 Å². The number of pyridine rings is 2. The molecule has 0 aromatic carbocycles. The van der Waals surface area contributed by atoms with Crippen LogP contribution in [0.4, 0.5) is 0 Å². The van der Waals surface area contributed by atoms with E-state index < -0.39 is 0 Å². The quantitative estimate of drug-likeness (QED) is 0.693. The number of furan rings is 1. The summed E-state index contributed by atoms with van der Waals surface area (Å²) in [5.41, 5.74) is 2.71. The van der Waals surface area contributed by atoms with Crippen molar-refractivity contribution < 1.29 is 9.52 Å². The molecule has 0 saturated carbocycles. The molecular formula is C13H10N2O2. The van der Waals surface area contributed by atoms with Gasteiger partial charge in [-0.15, -0.1) is 0 Å². The Hall–Kier alpha value is -2.36. The molecule has 17 heavy (non-hydrogen) atoms. The monoisotopic (exact) mass is 226 g/mol. The van der Waals surface area contributed by atoms with E-state index in [2.05, 4.69) is 9.97 Å². The Balaban J connectivity index is 2.23. The predicted octanol–water partition coefficient (Wildman–Crippen LogP) is 2.90. The largest absolute Gasteiger partial charge is 0.506 e. The van der Waals surface area contributed by atoms with Crippen molar-refractivity contribution in [2.75, 3.05) is 0 Å². The van der Waals surface area contributed by atoms with Crippen LogP contribution in [0.1, 0.15) is 5.69 Å². The molecule has 0 spiro atoms. The second kappa shape index (κ2) is 3.59. The van der Waals surface area contributed by atoms with Crippen LogP contribution in [0.5, 0.6) is 5.75 Å². The van der Waals surface area contributed by atoms with Gasteiger partial charge in [0.2, 0.25) is 0 Å². The molecule has 0 amide bonds. The molecule has 84 valence electrons. The van der Waals surface area contributed by atoms with Crippen molar-refractivity contribution in [3.05, 3.63) is 42.2 Å². The van der Waals surface area contributed by atoms with Crippen molar-refractivity contribution >= 4 is 11.1 Å². The summed E-state index contributed by atoms with van der Waals surface area (Å²) in [5, 5.41) is 9.77. The average molecular weight is 226 g/mol. The van der Waals surface area contributed by atoms with Crippen molar-refractivity contribution in [3.8, 4) is 17.2 Å². The van der Waals surface area contributed by atoms with E-state index >= 15 is 0 Å². The highest BCUT2D eigenvalue weighted by Crippen LogP contribution is 2.31.